The Labute approximate surface area is 154 Å². The van der Waals surface area contributed by atoms with Crippen molar-refractivity contribution in [3.05, 3.63) is 5.92 Å². The predicted octanol–water partition coefficient (Wildman–Crippen LogP) is 4.50. The third-order valence-electron chi connectivity index (χ3n) is 6.03. The topological polar surface area (TPSA) is 35.5 Å². The second-order valence-electron chi connectivity index (χ2n) is 7.71. The van der Waals surface area contributed by atoms with Crippen molar-refractivity contribution in [2.75, 3.05) is 0 Å². The van der Waals surface area contributed by atoms with Gasteiger partial charge in [-0.1, -0.05) is 20.3 Å². The molecule has 4 rings (SSSR count). The Morgan fingerprint density at radius 2 is 1.65 bits per heavy atom. The largest absolute Gasteiger partial charge is 1.00 e. The van der Waals surface area contributed by atoms with Crippen LogP contribution in [0.5, 0.6) is 0 Å². The summed E-state index contributed by atoms with van der Waals surface area (Å²) in [5, 5.41) is 0. The fraction of sp³-hybridized carbons (Fsp3) is 0.895. The van der Waals surface area contributed by atoms with Crippen molar-refractivity contribution >= 4 is 5.97 Å². The Bertz CT molecular complexity index is 370. The minimum Gasteiger partial charge on any atom is -0.460 e. The maximum Gasteiger partial charge on any atom is 1.00 e. The number of ether oxygens (including phenoxy) is 2. The van der Waals surface area contributed by atoms with Crippen LogP contribution in [-0.4, -0.2) is 18.4 Å². The van der Waals surface area contributed by atoms with Crippen LogP contribution < -0.4 is 0 Å². The van der Waals surface area contributed by atoms with Crippen LogP contribution in [0.4, 0.5) is 0 Å². The van der Waals surface area contributed by atoms with Crippen molar-refractivity contribution in [2.45, 2.75) is 84.5 Å². The molecule has 4 bridgehead atoms. The number of carbonyl (C=O) groups is 1. The minimum absolute atomic E-state index is 0. The normalized spacial score (nSPS) is 35.5. The summed E-state index contributed by atoms with van der Waals surface area (Å²) in [6, 6.07) is 0. The summed E-state index contributed by atoms with van der Waals surface area (Å²) in [7, 11) is 0. The monoisotopic (exact) mass is 409 g/mol. The van der Waals surface area contributed by atoms with Gasteiger partial charge in [0, 0.05) is 0 Å². The molecule has 0 aromatic rings. The molecule has 0 saturated heterocycles. The summed E-state index contributed by atoms with van der Waals surface area (Å²) >= 11 is 0. The van der Waals surface area contributed by atoms with Gasteiger partial charge in [-0.25, -0.2) is 0 Å². The number of esters is 1. The summed E-state index contributed by atoms with van der Waals surface area (Å²) < 4.78 is 11.8. The quantitative estimate of drug-likeness (QED) is 0.269. The molecule has 4 fully saturated rings. The molecule has 0 N–H and O–H groups in total. The molecular formula is C19H31O3Ru. The molecule has 0 amide bonds. The van der Waals surface area contributed by atoms with Crippen molar-refractivity contribution in [3.8, 4) is 0 Å². The average Bonchev–Trinajstić information content (AvgIpc) is 2.47. The molecule has 0 aromatic heterocycles. The van der Waals surface area contributed by atoms with Gasteiger partial charge in [-0.05, 0) is 62.7 Å². The van der Waals surface area contributed by atoms with Gasteiger partial charge in [-0.2, -0.15) is 12.8 Å². The minimum atomic E-state index is -0.409. The molecule has 0 spiro atoms. The van der Waals surface area contributed by atoms with Gasteiger partial charge in [0.1, 0.15) is 0 Å². The molecule has 0 heterocycles. The Morgan fingerprint density at radius 1 is 1.09 bits per heavy atom. The van der Waals surface area contributed by atoms with Gasteiger partial charge in [0.15, 0.2) is 12.3 Å². The zero-order valence-electron chi connectivity index (χ0n) is 14.7. The molecule has 4 heteroatoms. The number of hydrogen-bond acceptors (Lipinski definition) is 3. The van der Waals surface area contributed by atoms with Gasteiger partial charge >= 0.3 is 19.5 Å². The molecule has 4 saturated carbocycles. The van der Waals surface area contributed by atoms with Crippen LogP contribution in [0.3, 0.4) is 0 Å². The van der Waals surface area contributed by atoms with E-state index in [4.69, 9.17) is 9.47 Å². The smallest absolute Gasteiger partial charge is 0.460 e. The molecule has 1 atom stereocenters. The van der Waals surface area contributed by atoms with Crippen molar-refractivity contribution in [1.29, 1.82) is 0 Å². The number of rotatable bonds is 7. The van der Waals surface area contributed by atoms with Crippen molar-refractivity contribution < 1.29 is 33.7 Å². The van der Waals surface area contributed by atoms with Crippen LogP contribution in [-0.2, 0) is 33.7 Å². The zero-order valence-corrected chi connectivity index (χ0v) is 16.4. The van der Waals surface area contributed by atoms with Crippen molar-refractivity contribution in [1.82, 2.24) is 0 Å². The summed E-state index contributed by atoms with van der Waals surface area (Å²) in [6.45, 7) is 6.01. The standard InChI is InChI=1S/C19H31O3.Ru/c1-4-6-15(5-2)19(20)22-12(3)21-18-16-8-13-7-14(10-16)11-17(18)9-13;/h12-14,16-18H,4-11H2,1-3H3;/q-1;+1. The summed E-state index contributed by atoms with van der Waals surface area (Å²) in [4.78, 5) is 12.2. The summed E-state index contributed by atoms with van der Waals surface area (Å²) in [5.74, 6) is 4.06. The first-order chi connectivity index (χ1) is 10.6. The van der Waals surface area contributed by atoms with E-state index in [-0.39, 0.29) is 25.4 Å². The Kier molecular flexibility index (Phi) is 6.98. The summed E-state index contributed by atoms with van der Waals surface area (Å²) in [6.07, 6.45) is 9.30. The van der Waals surface area contributed by atoms with Crippen LogP contribution in [0.15, 0.2) is 0 Å². The van der Waals surface area contributed by atoms with Gasteiger partial charge in [-0.15, -0.1) is 0 Å². The first-order valence-corrected chi connectivity index (χ1v) is 9.31. The molecule has 133 valence electrons. The van der Waals surface area contributed by atoms with Gasteiger partial charge in [0.25, 0.3) is 0 Å². The maximum absolute atomic E-state index is 12.2. The molecule has 4 aliphatic carbocycles. The Morgan fingerprint density at radius 3 is 2.13 bits per heavy atom. The van der Waals surface area contributed by atoms with Gasteiger partial charge in [0.2, 0.25) is 0 Å². The Balaban J connectivity index is 0.00000192. The molecule has 1 unspecified atom stereocenters. The van der Waals surface area contributed by atoms with Gasteiger partial charge in [0.05, 0.1) is 6.10 Å². The summed E-state index contributed by atoms with van der Waals surface area (Å²) in [5.41, 5.74) is 0. The van der Waals surface area contributed by atoms with Gasteiger partial charge in [-0.3, -0.25) is 10.7 Å². The average molecular weight is 409 g/mol. The fourth-order valence-corrected chi connectivity index (χ4v) is 5.31. The van der Waals surface area contributed by atoms with Crippen LogP contribution in [0.25, 0.3) is 0 Å². The van der Waals surface area contributed by atoms with Gasteiger partial charge < -0.3 is 9.47 Å². The molecule has 0 aromatic carbocycles. The third-order valence-corrected chi connectivity index (χ3v) is 6.03. The third kappa shape index (κ3) is 4.31. The van der Waals surface area contributed by atoms with E-state index < -0.39 is 6.29 Å². The first-order valence-electron chi connectivity index (χ1n) is 9.31. The van der Waals surface area contributed by atoms with Crippen LogP contribution in [0.2, 0.25) is 0 Å². The zero-order chi connectivity index (χ0) is 15.7. The van der Waals surface area contributed by atoms with Crippen LogP contribution >= 0.6 is 0 Å². The molecule has 23 heavy (non-hydrogen) atoms. The predicted molar refractivity (Wildman–Crippen MR) is 85.9 cm³/mol. The first kappa shape index (κ1) is 19.3. The van der Waals surface area contributed by atoms with E-state index in [1.807, 2.05) is 13.8 Å². The number of carbonyl (C=O) groups excluding carboxylic acids is 1. The molecular weight excluding hydrogens is 377 g/mol. The van der Waals surface area contributed by atoms with E-state index in [1.165, 1.54) is 32.1 Å². The molecule has 0 aliphatic heterocycles. The van der Waals surface area contributed by atoms with Crippen LogP contribution in [0, 0.1) is 29.6 Å². The van der Waals surface area contributed by atoms with E-state index in [0.717, 1.165) is 37.0 Å². The van der Waals surface area contributed by atoms with E-state index in [2.05, 4.69) is 6.92 Å². The molecule has 4 aliphatic rings. The van der Waals surface area contributed by atoms with Crippen molar-refractivity contribution in [3.63, 3.8) is 0 Å². The van der Waals surface area contributed by atoms with Crippen molar-refractivity contribution in [2.24, 2.45) is 23.7 Å². The van der Waals surface area contributed by atoms with E-state index in [0.29, 0.717) is 17.9 Å². The van der Waals surface area contributed by atoms with E-state index in [9.17, 15) is 4.79 Å². The second kappa shape index (κ2) is 8.34. The molecule has 3 nitrogen and oxygen atoms in total. The Hall–Kier alpha value is -0.0766. The number of hydrogen-bond donors (Lipinski definition) is 0. The second-order valence-corrected chi connectivity index (χ2v) is 7.71. The fourth-order valence-electron chi connectivity index (χ4n) is 5.31. The van der Waals surface area contributed by atoms with Crippen LogP contribution in [0.1, 0.15) is 72.1 Å². The SMILES string of the molecule is CCC[C-](CC)C(=O)OC(C)OC1C2CC3CC(C2)CC1C3.[Ru+]. The van der Waals surface area contributed by atoms with E-state index >= 15 is 0 Å². The van der Waals surface area contributed by atoms with E-state index in [1.54, 1.807) is 0 Å². The molecule has 1 radical (unpaired) electrons. The maximum atomic E-state index is 12.2.